The Balaban J connectivity index is 1.54. The van der Waals surface area contributed by atoms with Crippen LogP contribution in [0.1, 0.15) is 15.9 Å². The summed E-state index contributed by atoms with van der Waals surface area (Å²) in [6.07, 6.45) is 3.06. The molecule has 0 unspecified atom stereocenters. The minimum atomic E-state index is -0.548. The van der Waals surface area contributed by atoms with Crippen LogP contribution < -0.4 is 10.7 Å². The molecule has 0 atom stereocenters. The maximum Gasteiger partial charge on any atom is 0.259 e. The van der Waals surface area contributed by atoms with Crippen LogP contribution in [0.4, 0.5) is 0 Å². The summed E-state index contributed by atoms with van der Waals surface area (Å²) in [5.74, 6) is -1.20. The van der Waals surface area contributed by atoms with Gasteiger partial charge >= 0.3 is 0 Å². The number of hydrazone groups is 1. The fourth-order valence-electron chi connectivity index (χ4n) is 2.36. The second kappa shape index (κ2) is 8.43. The summed E-state index contributed by atoms with van der Waals surface area (Å²) >= 11 is 0. The van der Waals surface area contributed by atoms with Gasteiger partial charge in [0.25, 0.3) is 11.8 Å². The Morgan fingerprint density at radius 3 is 2.63 bits per heavy atom. The number of rotatable bonds is 6. The molecule has 2 aromatic carbocycles. The van der Waals surface area contributed by atoms with Crippen LogP contribution in [0.5, 0.6) is 5.75 Å². The zero-order valence-corrected chi connectivity index (χ0v) is 14.2. The van der Waals surface area contributed by atoms with E-state index in [4.69, 9.17) is 0 Å². The highest BCUT2D eigenvalue weighted by atomic mass is 16.3. The van der Waals surface area contributed by atoms with Crippen molar-refractivity contribution in [2.75, 3.05) is 6.54 Å². The van der Waals surface area contributed by atoms with E-state index >= 15 is 0 Å². The average Bonchev–Trinajstić information content (AvgIpc) is 3.16. The number of hydrogen-bond acceptors (Lipinski definition) is 5. The highest BCUT2D eigenvalue weighted by Gasteiger charge is 2.11. The number of aromatic nitrogens is 2. The zero-order valence-electron chi connectivity index (χ0n) is 14.2. The minimum Gasteiger partial charge on any atom is -0.507 e. The van der Waals surface area contributed by atoms with Crippen LogP contribution in [-0.4, -0.2) is 39.9 Å². The molecule has 0 saturated heterocycles. The monoisotopic (exact) mass is 363 g/mol. The van der Waals surface area contributed by atoms with Gasteiger partial charge < -0.3 is 10.4 Å². The number of phenolic OH excluding ortho intramolecular Hbond substituents is 1. The van der Waals surface area contributed by atoms with Crippen LogP contribution in [0.25, 0.3) is 11.3 Å². The number of amides is 2. The predicted octanol–water partition coefficient (Wildman–Crippen LogP) is 1.66. The van der Waals surface area contributed by atoms with E-state index in [0.717, 1.165) is 11.3 Å². The molecule has 3 rings (SSSR count). The molecule has 0 bridgehead atoms. The molecule has 2 amide bonds. The molecular weight excluding hydrogens is 346 g/mol. The Kier molecular flexibility index (Phi) is 5.58. The quantitative estimate of drug-likeness (QED) is 0.393. The van der Waals surface area contributed by atoms with Crippen LogP contribution in [0.3, 0.4) is 0 Å². The molecule has 0 aliphatic carbocycles. The standard InChI is InChI=1S/C19H17N5O3/c25-16-9-5-4-8-15(16)19(27)20-12-17(26)23-21-10-14-11-22-24-18(14)13-6-2-1-3-7-13/h1-11,25H,12H2,(H,20,27)(H,22,24)(H,23,26). The van der Waals surface area contributed by atoms with Crippen molar-refractivity contribution in [2.45, 2.75) is 0 Å². The number of hydrogen-bond donors (Lipinski definition) is 4. The topological polar surface area (TPSA) is 119 Å². The van der Waals surface area contributed by atoms with Gasteiger partial charge in [0.2, 0.25) is 0 Å². The van der Waals surface area contributed by atoms with Gasteiger partial charge in [-0.15, -0.1) is 0 Å². The average molecular weight is 363 g/mol. The first-order valence-corrected chi connectivity index (χ1v) is 8.12. The van der Waals surface area contributed by atoms with Crippen molar-refractivity contribution in [3.05, 3.63) is 71.9 Å². The maximum atomic E-state index is 11.9. The molecule has 0 radical (unpaired) electrons. The van der Waals surface area contributed by atoms with Crippen molar-refractivity contribution in [1.82, 2.24) is 20.9 Å². The number of benzene rings is 2. The number of aromatic hydroxyl groups is 1. The van der Waals surface area contributed by atoms with E-state index < -0.39 is 11.8 Å². The smallest absolute Gasteiger partial charge is 0.259 e. The Morgan fingerprint density at radius 2 is 1.85 bits per heavy atom. The third kappa shape index (κ3) is 4.57. The highest BCUT2D eigenvalue weighted by Crippen LogP contribution is 2.19. The molecule has 0 aliphatic rings. The van der Waals surface area contributed by atoms with E-state index in [1.54, 1.807) is 18.3 Å². The second-order valence-corrected chi connectivity index (χ2v) is 5.56. The number of phenols is 1. The first-order valence-electron chi connectivity index (χ1n) is 8.12. The summed E-state index contributed by atoms with van der Waals surface area (Å²) in [5.41, 5.74) is 4.86. The van der Waals surface area contributed by atoms with Crippen LogP contribution in [0, 0.1) is 0 Å². The van der Waals surface area contributed by atoms with Gasteiger partial charge in [-0.1, -0.05) is 42.5 Å². The summed E-state index contributed by atoms with van der Waals surface area (Å²) in [6, 6.07) is 15.7. The van der Waals surface area contributed by atoms with E-state index in [9.17, 15) is 14.7 Å². The molecule has 136 valence electrons. The van der Waals surface area contributed by atoms with E-state index in [1.807, 2.05) is 30.3 Å². The number of nitrogens with one attached hydrogen (secondary N) is 3. The van der Waals surface area contributed by atoms with Gasteiger partial charge in [-0.25, -0.2) is 5.43 Å². The lowest BCUT2D eigenvalue weighted by Gasteiger charge is -2.05. The van der Waals surface area contributed by atoms with E-state index in [0.29, 0.717) is 5.56 Å². The maximum absolute atomic E-state index is 11.9. The van der Waals surface area contributed by atoms with E-state index in [-0.39, 0.29) is 17.9 Å². The van der Waals surface area contributed by atoms with Crippen molar-refractivity contribution >= 4 is 18.0 Å². The Bertz CT molecular complexity index is 966. The van der Waals surface area contributed by atoms with Crippen molar-refractivity contribution in [1.29, 1.82) is 0 Å². The summed E-state index contributed by atoms with van der Waals surface area (Å²) in [7, 11) is 0. The number of carbonyl (C=O) groups is 2. The van der Waals surface area contributed by atoms with Gasteiger partial charge in [-0.2, -0.15) is 10.2 Å². The molecule has 1 aromatic heterocycles. The SMILES string of the molecule is O=C(CNC(=O)c1ccccc1O)NN=Cc1cn[nH]c1-c1ccccc1. The van der Waals surface area contributed by atoms with Gasteiger partial charge in [0, 0.05) is 11.1 Å². The molecule has 0 fully saturated rings. The van der Waals surface area contributed by atoms with Crippen molar-refractivity contribution in [2.24, 2.45) is 5.10 Å². The number of H-pyrrole nitrogens is 1. The Hall–Kier alpha value is -3.94. The predicted molar refractivity (Wildman–Crippen MR) is 100 cm³/mol. The van der Waals surface area contributed by atoms with Gasteiger partial charge in [0.15, 0.2) is 0 Å². The highest BCUT2D eigenvalue weighted by molar-refractivity contribution is 5.98. The molecule has 0 aliphatic heterocycles. The molecule has 0 spiro atoms. The lowest BCUT2D eigenvalue weighted by molar-refractivity contribution is -0.120. The van der Waals surface area contributed by atoms with Crippen LogP contribution in [0.15, 0.2) is 65.9 Å². The first-order chi connectivity index (χ1) is 13.1. The number of nitrogens with zero attached hydrogens (tertiary/aromatic N) is 2. The number of carbonyl (C=O) groups excluding carboxylic acids is 2. The molecule has 8 nitrogen and oxygen atoms in total. The summed E-state index contributed by atoms with van der Waals surface area (Å²) < 4.78 is 0. The van der Waals surface area contributed by atoms with Crippen molar-refractivity contribution in [3.63, 3.8) is 0 Å². The number of para-hydroxylation sites is 1. The van der Waals surface area contributed by atoms with Gasteiger partial charge in [-0.3, -0.25) is 14.7 Å². The molecule has 8 heteroatoms. The van der Waals surface area contributed by atoms with Gasteiger partial charge in [0.05, 0.1) is 30.2 Å². The summed E-state index contributed by atoms with van der Waals surface area (Å²) in [6.45, 7) is -0.276. The molecule has 3 aromatic rings. The number of aromatic amines is 1. The van der Waals surface area contributed by atoms with E-state index in [2.05, 4.69) is 26.0 Å². The van der Waals surface area contributed by atoms with Crippen molar-refractivity contribution in [3.8, 4) is 17.0 Å². The third-order valence-corrected chi connectivity index (χ3v) is 3.68. The van der Waals surface area contributed by atoms with E-state index in [1.165, 1.54) is 18.3 Å². The largest absolute Gasteiger partial charge is 0.507 e. The Morgan fingerprint density at radius 1 is 1.11 bits per heavy atom. The molecule has 27 heavy (non-hydrogen) atoms. The normalized spacial score (nSPS) is 10.7. The van der Waals surface area contributed by atoms with Gasteiger partial charge in [0.1, 0.15) is 5.75 Å². The lowest BCUT2D eigenvalue weighted by atomic mass is 10.1. The fraction of sp³-hybridized carbons (Fsp3) is 0.0526. The van der Waals surface area contributed by atoms with Gasteiger partial charge in [-0.05, 0) is 12.1 Å². The first kappa shape index (κ1) is 17.9. The van der Waals surface area contributed by atoms with Crippen LogP contribution in [-0.2, 0) is 4.79 Å². The summed E-state index contributed by atoms with van der Waals surface area (Å²) in [5, 5.41) is 22.8. The Labute approximate surface area is 154 Å². The minimum absolute atomic E-state index is 0.0969. The molecular formula is C19H17N5O3. The van der Waals surface area contributed by atoms with Crippen LogP contribution >= 0.6 is 0 Å². The molecule has 4 N–H and O–H groups in total. The summed E-state index contributed by atoms with van der Waals surface area (Å²) in [4.78, 5) is 23.8. The third-order valence-electron chi connectivity index (χ3n) is 3.68. The fourth-order valence-corrected chi connectivity index (χ4v) is 2.36. The molecule has 0 saturated carbocycles. The molecule has 1 heterocycles. The lowest BCUT2D eigenvalue weighted by Crippen LogP contribution is -2.34. The second-order valence-electron chi connectivity index (χ2n) is 5.56. The zero-order chi connectivity index (χ0) is 19.1. The van der Waals surface area contributed by atoms with Crippen LogP contribution in [0.2, 0.25) is 0 Å². The van der Waals surface area contributed by atoms with Crippen molar-refractivity contribution < 1.29 is 14.7 Å².